The topological polar surface area (TPSA) is 120 Å². The summed E-state index contributed by atoms with van der Waals surface area (Å²) in [4.78, 5) is 24.0. The van der Waals surface area contributed by atoms with Gasteiger partial charge >= 0.3 is 11.8 Å². The van der Waals surface area contributed by atoms with Crippen LogP contribution >= 0.6 is 0 Å². The van der Waals surface area contributed by atoms with Crippen molar-refractivity contribution in [3.63, 3.8) is 0 Å². The van der Waals surface area contributed by atoms with Crippen molar-refractivity contribution < 1.29 is 28.5 Å². The summed E-state index contributed by atoms with van der Waals surface area (Å²) in [5.74, 6) is 0.588. The first kappa shape index (κ1) is 19.2. The van der Waals surface area contributed by atoms with Crippen LogP contribution in [0.4, 0.5) is 0 Å². The Morgan fingerprint density at radius 2 is 1.10 bits per heavy atom. The number of hydrazone groups is 2. The van der Waals surface area contributed by atoms with E-state index >= 15 is 0 Å². The fourth-order valence-electron chi connectivity index (χ4n) is 2.74. The van der Waals surface area contributed by atoms with Crippen molar-refractivity contribution in [3.05, 3.63) is 47.5 Å². The fraction of sp³-hybridized carbons (Fsp3) is 0.200. The SMILES string of the molecule is C/C(=N\NC(=O)C(=O)N/N=C(\C)c1ccc2c(c1)OCO2)c1ccc2c(c1)OCO2. The van der Waals surface area contributed by atoms with Gasteiger partial charge in [-0.25, -0.2) is 10.9 Å². The number of nitrogens with zero attached hydrogens (tertiary/aromatic N) is 2. The summed E-state index contributed by atoms with van der Waals surface area (Å²) in [6.45, 7) is 3.71. The summed E-state index contributed by atoms with van der Waals surface area (Å²) in [6.07, 6.45) is 0. The second-order valence-electron chi connectivity index (χ2n) is 6.41. The Morgan fingerprint density at radius 1 is 0.700 bits per heavy atom. The number of rotatable bonds is 4. The molecule has 2 amide bonds. The molecule has 30 heavy (non-hydrogen) atoms. The zero-order chi connectivity index (χ0) is 21.1. The lowest BCUT2D eigenvalue weighted by Gasteiger charge is -2.05. The third-order valence-electron chi connectivity index (χ3n) is 4.44. The monoisotopic (exact) mass is 410 g/mol. The quantitative estimate of drug-likeness (QED) is 0.448. The van der Waals surface area contributed by atoms with Crippen molar-refractivity contribution in [2.24, 2.45) is 10.2 Å². The Morgan fingerprint density at radius 3 is 1.53 bits per heavy atom. The molecule has 0 unspecified atom stereocenters. The van der Waals surface area contributed by atoms with Crippen molar-refractivity contribution in [3.8, 4) is 23.0 Å². The third-order valence-corrected chi connectivity index (χ3v) is 4.44. The van der Waals surface area contributed by atoms with E-state index in [-0.39, 0.29) is 13.6 Å². The predicted octanol–water partition coefficient (Wildman–Crippen LogP) is 1.52. The molecule has 4 rings (SSSR count). The molecule has 2 aromatic rings. The minimum atomic E-state index is -0.947. The Kier molecular flexibility index (Phi) is 5.21. The van der Waals surface area contributed by atoms with Crippen molar-refractivity contribution in [2.75, 3.05) is 13.6 Å². The van der Waals surface area contributed by atoms with Crippen LogP contribution in [-0.4, -0.2) is 36.8 Å². The number of fused-ring (bicyclic) bond motifs is 2. The summed E-state index contributed by atoms with van der Waals surface area (Å²) < 4.78 is 21.1. The number of carbonyl (C=O) groups excluding carboxylic acids is 2. The van der Waals surface area contributed by atoms with Crippen LogP contribution < -0.4 is 29.8 Å². The van der Waals surface area contributed by atoms with Crippen LogP contribution in [-0.2, 0) is 9.59 Å². The van der Waals surface area contributed by atoms with E-state index in [4.69, 9.17) is 18.9 Å². The molecule has 0 aliphatic carbocycles. The molecular weight excluding hydrogens is 392 g/mol. The molecule has 10 heteroatoms. The summed E-state index contributed by atoms with van der Waals surface area (Å²) in [7, 11) is 0. The molecule has 0 saturated carbocycles. The number of hydrogen-bond acceptors (Lipinski definition) is 8. The summed E-state index contributed by atoms with van der Waals surface area (Å²) in [6, 6.07) is 10.5. The van der Waals surface area contributed by atoms with Crippen molar-refractivity contribution >= 4 is 23.2 Å². The number of ether oxygens (including phenoxy) is 4. The van der Waals surface area contributed by atoms with Crippen molar-refractivity contribution in [2.45, 2.75) is 13.8 Å². The first-order chi connectivity index (χ1) is 14.5. The summed E-state index contributed by atoms with van der Waals surface area (Å²) in [5, 5.41) is 7.89. The van der Waals surface area contributed by atoms with Gasteiger partial charge in [-0.15, -0.1) is 0 Å². The minimum absolute atomic E-state index is 0.165. The van der Waals surface area contributed by atoms with E-state index in [0.29, 0.717) is 34.4 Å². The van der Waals surface area contributed by atoms with E-state index < -0.39 is 11.8 Å². The van der Waals surface area contributed by atoms with Gasteiger partial charge in [0.2, 0.25) is 13.6 Å². The molecule has 0 radical (unpaired) electrons. The molecule has 0 saturated heterocycles. The van der Waals surface area contributed by atoms with Crippen LogP contribution in [0, 0.1) is 0 Å². The van der Waals surface area contributed by atoms with Gasteiger partial charge in [0.05, 0.1) is 11.4 Å². The van der Waals surface area contributed by atoms with Crippen molar-refractivity contribution in [1.82, 2.24) is 10.9 Å². The molecule has 0 aromatic heterocycles. The van der Waals surface area contributed by atoms with Gasteiger partial charge in [0.15, 0.2) is 23.0 Å². The summed E-state index contributed by atoms with van der Waals surface area (Å²) >= 11 is 0. The van der Waals surface area contributed by atoms with Crippen LogP contribution in [0.2, 0.25) is 0 Å². The van der Waals surface area contributed by atoms with Gasteiger partial charge in [0.1, 0.15) is 0 Å². The highest BCUT2D eigenvalue weighted by molar-refractivity contribution is 6.35. The van der Waals surface area contributed by atoms with Gasteiger partial charge in [-0.2, -0.15) is 10.2 Å². The maximum Gasteiger partial charge on any atom is 0.331 e. The average Bonchev–Trinajstić information content (AvgIpc) is 3.43. The second kappa shape index (κ2) is 8.11. The molecule has 0 atom stereocenters. The molecule has 0 spiro atoms. The molecule has 2 N–H and O–H groups in total. The van der Waals surface area contributed by atoms with Gasteiger partial charge in [-0.3, -0.25) is 9.59 Å². The van der Waals surface area contributed by atoms with E-state index in [1.807, 2.05) is 0 Å². The Labute approximate surface area is 171 Å². The molecule has 0 bridgehead atoms. The van der Waals surface area contributed by atoms with Gasteiger partial charge < -0.3 is 18.9 Å². The van der Waals surface area contributed by atoms with Gasteiger partial charge in [-0.1, -0.05) is 0 Å². The number of carbonyl (C=O) groups is 2. The van der Waals surface area contributed by atoms with Crippen LogP contribution in [0.25, 0.3) is 0 Å². The Balaban J connectivity index is 1.35. The van der Waals surface area contributed by atoms with Crippen LogP contribution in [0.15, 0.2) is 46.6 Å². The molecule has 0 fully saturated rings. The first-order valence-electron chi connectivity index (χ1n) is 9.00. The third kappa shape index (κ3) is 4.02. The number of amides is 2. The normalized spacial score (nSPS) is 14.5. The van der Waals surface area contributed by atoms with Crippen LogP contribution in [0.3, 0.4) is 0 Å². The van der Waals surface area contributed by atoms with Crippen molar-refractivity contribution in [1.29, 1.82) is 0 Å². The highest BCUT2D eigenvalue weighted by Crippen LogP contribution is 2.33. The molecule has 154 valence electrons. The Hall–Kier alpha value is -4.08. The fourth-order valence-corrected chi connectivity index (χ4v) is 2.74. The zero-order valence-corrected chi connectivity index (χ0v) is 16.2. The highest BCUT2D eigenvalue weighted by Gasteiger charge is 2.17. The molecule has 2 heterocycles. The van der Waals surface area contributed by atoms with E-state index in [9.17, 15) is 9.59 Å². The lowest BCUT2D eigenvalue weighted by molar-refractivity contribution is -0.139. The molecule has 2 aliphatic heterocycles. The number of nitrogens with one attached hydrogen (secondary N) is 2. The second-order valence-corrected chi connectivity index (χ2v) is 6.41. The maximum absolute atomic E-state index is 12.0. The lowest BCUT2D eigenvalue weighted by atomic mass is 10.1. The molecule has 10 nitrogen and oxygen atoms in total. The Bertz CT molecular complexity index is 993. The number of hydrogen-bond donors (Lipinski definition) is 2. The van der Waals surface area contributed by atoms with Gasteiger partial charge in [0, 0.05) is 11.1 Å². The van der Waals surface area contributed by atoms with E-state index in [1.165, 1.54) is 0 Å². The van der Waals surface area contributed by atoms with E-state index in [1.54, 1.807) is 50.2 Å². The predicted molar refractivity (Wildman–Crippen MR) is 106 cm³/mol. The largest absolute Gasteiger partial charge is 0.454 e. The maximum atomic E-state index is 12.0. The highest BCUT2D eigenvalue weighted by atomic mass is 16.7. The van der Waals surface area contributed by atoms with Gasteiger partial charge in [-0.05, 0) is 50.2 Å². The smallest absolute Gasteiger partial charge is 0.331 e. The molecule has 2 aliphatic rings. The van der Waals surface area contributed by atoms with E-state index in [0.717, 1.165) is 11.1 Å². The lowest BCUT2D eigenvalue weighted by Crippen LogP contribution is -2.36. The van der Waals surface area contributed by atoms with Crippen LogP contribution in [0.1, 0.15) is 25.0 Å². The van der Waals surface area contributed by atoms with Crippen LogP contribution in [0.5, 0.6) is 23.0 Å². The summed E-state index contributed by atoms with van der Waals surface area (Å²) in [5.41, 5.74) is 6.84. The minimum Gasteiger partial charge on any atom is -0.454 e. The van der Waals surface area contributed by atoms with Gasteiger partial charge in [0.25, 0.3) is 0 Å². The average molecular weight is 410 g/mol. The van der Waals surface area contributed by atoms with E-state index in [2.05, 4.69) is 21.1 Å². The number of benzene rings is 2. The molecular formula is C20H18N4O6. The standard InChI is InChI=1S/C20H18N4O6/c1-11(13-3-5-15-17(7-13)29-9-27-15)21-23-19(25)20(26)24-22-12(2)14-4-6-16-18(8-14)30-10-28-16/h3-8H,9-10H2,1-2H3,(H,23,25)(H,24,26)/b21-11+,22-12+. The molecule has 2 aromatic carbocycles. The zero-order valence-electron chi connectivity index (χ0n) is 16.2. The first-order valence-corrected chi connectivity index (χ1v) is 9.00.